The SMILES string of the molecule is O=C(O)c1cccc(Nc2ccc(F)c(Br)c2)n1. The van der Waals surface area contributed by atoms with Crippen molar-refractivity contribution in [1.82, 2.24) is 4.98 Å². The zero-order valence-electron chi connectivity index (χ0n) is 9.02. The normalized spacial score (nSPS) is 10.1. The number of hydrogen-bond donors (Lipinski definition) is 2. The van der Waals surface area contributed by atoms with Crippen molar-refractivity contribution in [1.29, 1.82) is 0 Å². The van der Waals surface area contributed by atoms with E-state index in [1.807, 2.05) is 0 Å². The Morgan fingerprint density at radius 1 is 1.33 bits per heavy atom. The molecule has 0 amide bonds. The average Bonchev–Trinajstić information content (AvgIpc) is 2.34. The Morgan fingerprint density at radius 2 is 2.11 bits per heavy atom. The van der Waals surface area contributed by atoms with Crippen molar-refractivity contribution in [2.24, 2.45) is 0 Å². The van der Waals surface area contributed by atoms with Gasteiger partial charge in [0.05, 0.1) is 4.47 Å². The summed E-state index contributed by atoms with van der Waals surface area (Å²) in [4.78, 5) is 14.7. The molecule has 2 N–H and O–H groups in total. The van der Waals surface area contributed by atoms with E-state index in [2.05, 4.69) is 26.2 Å². The Kier molecular flexibility index (Phi) is 3.57. The number of benzene rings is 1. The number of carboxylic acids is 1. The molecule has 0 saturated heterocycles. The first-order valence-electron chi connectivity index (χ1n) is 4.98. The highest BCUT2D eigenvalue weighted by Gasteiger charge is 2.06. The first-order chi connectivity index (χ1) is 8.56. The van der Waals surface area contributed by atoms with Gasteiger partial charge in [-0.15, -0.1) is 0 Å². The fraction of sp³-hybridized carbons (Fsp3) is 0. The molecule has 6 heteroatoms. The fourth-order valence-electron chi connectivity index (χ4n) is 1.35. The minimum Gasteiger partial charge on any atom is -0.477 e. The Morgan fingerprint density at radius 3 is 2.78 bits per heavy atom. The summed E-state index contributed by atoms with van der Waals surface area (Å²) in [5, 5.41) is 11.7. The van der Waals surface area contributed by atoms with Gasteiger partial charge in [0.15, 0.2) is 5.69 Å². The largest absolute Gasteiger partial charge is 0.477 e. The van der Waals surface area contributed by atoms with Crippen LogP contribution in [0.15, 0.2) is 40.9 Å². The van der Waals surface area contributed by atoms with E-state index in [9.17, 15) is 9.18 Å². The van der Waals surface area contributed by atoms with Crippen molar-refractivity contribution in [3.8, 4) is 0 Å². The van der Waals surface area contributed by atoms with Gasteiger partial charge in [0.2, 0.25) is 0 Å². The monoisotopic (exact) mass is 310 g/mol. The second-order valence-electron chi connectivity index (χ2n) is 3.47. The van der Waals surface area contributed by atoms with Crippen LogP contribution >= 0.6 is 15.9 Å². The molecule has 0 aliphatic rings. The molecule has 1 aromatic carbocycles. The van der Waals surface area contributed by atoms with Crippen molar-refractivity contribution >= 4 is 33.4 Å². The van der Waals surface area contributed by atoms with Crippen LogP contribution in [-0.2, 0) is 0 Å². The molecule has 18 heavy (non-hydrogen) atoms. The smallest absolute Gasteiger partial charge is 0.354 e. The highest BCUT2D eigenvalue weighted by atomic mass is 79.9. The molecular formula is C12H8BrFN2O2. The summed E-state index contributed by atoms with van der Waals surface area (Å²) >= 11 is 3.07. The fourth-order valence-corrected chi connectivity index (χ4v) is 1.72. The first-order valence-corrected chi connectivity index (χ1v) is 5.78. The third kappa shape index (κ3) is 2.84. The number of pyridine rings is 1. The minimum absolute atomic E-state index is 0.0545. The molecule has 0 saturated carbocycles. The van der Waals surface area contributed by atoms with Gasteiger partial charge in [-0.25, -0.2) is 14.2 Å². The number of carbonyl (C=O) groups is 1. The van der Waals surface area contributed by atoms with Gasteiger partial charge in [-0.2, -0.15) is 0 Å². The van der Waals surface area contributed by atoms with Crippen molar-refractivity contribution in [2.75, 3.05) is 5.32 Å². The molecule has 0 aliphatic heterocycles. The summed E-state index contributed by atoms with van der Waals surface area (Å²) in [5.74, 6) is -1.08. The number of nitrogens with zero attached hydrogens (tertiary/aromatic N) is 1. The zero-order chi connectivity index (χ0) is 13.1. The second-order valence-corrected chi connectivity index (χ2v) is 4.32. The summed E-state index contributed by atoms with van der Waals surface area (Å²) in [5.41, 5.74) is 0.555. The molecule has 0 atom stereocenters. The van der Waals surface area contributed by atoms with Crippen LogP contribution < -0.4 is 5.32 Å². The molecular weight excluding hydrogens is 303 g/mol. The zero-order valence-corrected chi connectivity index (χ0v) is 10.6. The number of hydrogen-bond acceptors (Lipinski definition) is 3. The van der Waals surface area contributed by atoms with Crippen LogP contribution in [0.2, 0.25) is 0 Å². The average molecular weight is 311 g/mol. The van der Waals surface area contributed by atoms with E-state index in [-0.39, 0.29) is 11.5 Å². The van der Waals surface area contributed by atoms with E-state index in [0.717, 1.165) is 0 Å². The van der Waals surface area contributed by atoms with Crippen molar-refractivity contribution < 1.29 is 14.3 Å². The van der Waals surface area contributed by atoms with Crippen LogP contribution in [0.4, 0.5) is 15.9 Å². The molecule has 0 unspecified atom stereocenters. The Labute approximate surface area is 111 Å². The molecule has 1 heterocycles. The van der Waals surface area contributed by atoms with E-state index in [1.165, 1.54) is 18.2 Å². The number of nitrogens with one attached hydrogen (secondary N) is 1. The maximum absolute atomic E-state index is 13.0. The Balaban J connectivity index is 2.25. The molecule has 4 nitrogen and oxygen atoms in total. The highest BCUT2D eigenvalue weighted by Crippen LogP contribution is 2.22. The molecule has 0 fully saturated rings. The molecule has 2 aromatic rings. The lowest BCUT2D eigenvalue weighted by Gasteiger charge is -2.06. The predicted octanol–water partition coefficient (Wildman–Crippen LogP) is 3.43. The third-order valence-corrected chi connectivity index (χ3v) is 2.77. The van der Waals surface area contributed by atoms with E-state index in [4.69, 9.17) is 5.11 Å². The van der Waals surface area contributed by atoms with Gasteiger partial charge in [-0.1, -0.05) is 6.07 Å². The summed E-state index contributed by atoms with van der Waals surface area (Å²) in [6.45, 7) is 0. The molecule has 92 valence electrons. The van der Waals surface area contributed by atoms with Crippen molar-refractivity contribution in [2.45, 2.75) is 0 Å². The summed E-state index contributed by atoms with van der Waals surface area (Å²) in [6.07, 6.45) is 0. The number of aromatic carboxylic acids is 1. The minimum atomic E-state index is -1.10. The van der Waals surface area contributed by atoms with E-state index in [0.29, 0.717) is 16.0 Å². The van der Waals surface area contributed by atoms with Crippen molar-refractivity contribution in [3.05, 3.63) is 52.4 Å². The Bertz CT molecular complexity index is 604. The molecule has 0 radical (unpaired) electrons. The standard InChI is InChI=1S/C12H8BrFN2O2/c13-8-6-7(4-5-9(8)14)15-11-3-1-2-10(16-11)12(17)18/h1-6H,(H,15,16)(H,17,18). The van der Waals surface area contributed by atoms with Gasteiger partial charge < -0.3 is 10.4 Å². The van der Waals surface area contributed by atoms with Gasteiger partial charge in [0.25, 0.3) is 0 Å². The van der Waals surface area contributed by atoms with Crippen LogP contribution in [0.1, 0.15) is 10.5 Å². The maximum Gasteiger partial charge on any atom is 0.354 e. The lowest BCUT2D eigenvalue weighted by Crippen LogP contribution is -2.02. The van der Waals surface area contributed by atoms with E-state index in [1.54, 1.807) is 18.2 Å². The molecule has 1 aromatic heterocycles. The predicted molar refractivity (Wildman–Crippen MR) is 68.6 cm³/mol. The summed E-state index contributed by atoms with van der Waals surface area (Å²) in [7, 11) is 0. The van der Waals surface area contributed by atoms with Crippen LogP contribution in [0.25, 0.3) is 0 Å². The van der Waals surface area contributed by atoms with Gasteiger partial charge in [0, 0.05) is 5.69 Å². The molecule has 0 bridgehead atoms. The van der Waals surface area contributed by atoms with Crippen LogP contribution in [0.3, 0.4) is 0 Å². The van der Waals surface area contributed by atoms with Gasteiger partial charge in [0.1, 0.15) is 11.6 Å². The van der Waals surface area contributed by atoms with Crippen molar-refractivity contribution in [3.63, 3.8) is 0 Å². The molecule has 0 spiro atoms. The number of halogens is 2. The Hall–Kier alpha value is -1.95. The van der Waals surface area contributed by atoms with Gasteiger partial charge in [-0.05, 0) is 46.3 Å². The second kappa shape index (κ2) is 5.14. The molecule has 0 aliphatic carbocycles. The third-order valence-electron chi connectivity index (χ3n) is 2.16. The highest BCUT2D eigenvalue weighted by molar-refractivity contribution is 9.10. The number of carboxylic acid groups (broad SMARTS) is 1. The lowest BCUT2D eigenvalue weighted by atomic mass is 10.3. The summed E-state index contributed by atoms with van der Waals surface area (Å²) < 4.78 is 13.4. The van der Waals surface area contributed by atoms with Crippen LogP contribution in [-0.4, -0.2) is 16.1 Å². The number of rotatable bonds is 3. The number of aromatic nitrogens is 1. The van der Waals surface area contributed by atoms with E-state index >= 15 is 0 Å². The van der Waals surface area contributed by atoms with Gasteiger partial charge in [-0.3, -0.25) is 0 Å². The van der Waals surface area contributed by atoms with E-state index < -0.39 is 5.97 Å². The first kappa shape index (κ1) is 12.5. The van der Waals surface area contributed by atoms with Gasteiger partial charge >= 0.3 is 5.97 Å². The summed E-state index contributed by atoms with van der Waals surface area (Å²) in [6, 6.07) is 8.99. The quantitative estimate of drug-likeness (QED) is 0.911. The topological polar surface area (TPSA) is 62.2 Å². The number of anilines is 2. The maximum atomic E-state index is 13.0. The van der Waals surface area contributed by atoms with Crippen LogP contribution in [0, 0.1) is 5.82 Å². The van der Waals surface area contributed by atoms with Crippen LogP contribution in [0.5, 0.6) is 0 Å². The molecule has 2 rings (SSSR count). The lowest BCUT2D eigenvalue weighted by molar-refractivity contribution is 0.0690.